The van der Waals surface area contributed by atoms with Gasteiger partial charge in [-0.2, -0.15) is 6.57 Å². The van der Waals surface area contributed by atoms with Gasteiger partial charge in [-0.05, 0) is 54.2 Å². The van der Waals surface area contributed by atoms with Crippen LogP contribution in [0.5, 0.6) is 0 Å². The molecule has 0 bridgehead atoms. The van der Waals surface area contributed by atoms with E-state index in [-0.39, 0.29) is 5.48 Å². The SMILES string of the molecule is O.[C-]#[N+]/N=C(\CCCCCNS(=O)c1ccccc1-c1ccccc1)Cc1ccncc1. The van der Waals surface area contributed by atoms with Crippen molar-refractivity contribution in [3.05, 3.63) is 96.2 Å². The zero-order valence-corrected chi connectivity index (χ0v) is 18.7. The maximum atomic E-state index is 12.8. The largest absolute Gasteiger partial charge is 0.412 e. The zero-order valence-electron chi connectivity index (χ0n) is 17.9. The number of hydrogen-bond donors (Lipinski definition) is 1. The van der Waals surface area contributed by atoms with E-state index in [2.05, 4.69) is 19.8 Å². The molecule has 0 radical (unpaired) electrons. The van der Waals surface area contributed by atoms with Gasteiger partial charge in [-0.25, -0.2) is 8.93 Å². The van der Waals surface area contributed by atoms with Crippen molar-refractivity contribution in [2.24, 2.45) is 5.10 Å². The summed E-state index contributed by atoms with van der Waals surface area (Å²) >= 11 is 0. The van der Waals surface area contributed by atoms with Crippen LogP contribution in [0.4, 0.5) is 0 Å². The van der Waals surface area contributed by atoms with E-state index in [1.807, 2.05) is 66.7 Å². The van der Waals surface area contributed by atoms with Crippen LogP contribution in [-0.2, 0) is 17.4 Å². The van der Waals surface area contributed by atoms with E-state index in [9.17, 15) is 4.21 Å². The Morgan fingerprint density at radius 2 is 1.69 bits per heavy atom. The van der Waals surface area contributed by atoms with Gasteiger partial charge >= 0.3 is 0 Å². The van der Waals surface area contributed by atoms with Crippen molar-refractivity contribution in [3.8, 4) is 11.1 Å². The summed E-state index contributed by atoms with van der Waals surface area (Å²) in [7, 11) is -1.26. The average molecular weight is 449 g/mol. The number of pyridine rings is 1. The molecule has 166 valence electrons. The maximum Gasteiger partial charge on any atom is 0.125 e. The molecule has 0 saturated carbocycles. The Morgan fingerprint density at radius 3 is 2.44 bits per heavy atom. The first-order chi connectivity index (χ1) is 15.3. The van der Waals surface area contributed by atoms with Gasteiger partial charge in [0.2, 0.25) is 0 Å². The van der Waals surface area contributed by atoms with Crippen LogP contribution in [0.1, 0.15) is 31.2 Å². The van der Waals surface area contributed by atoms with Gasteiger partial charge in [0.05, 0.1) is 10.00 Å². The van der Waals surface area contributed by atoms with Crippen molar-refractivity contribution < 1.29 is 9.69 Å². The molecule has 6 nitrogen and oxygen atoms in total. The molecule has 7 heteroatoms. The minimum absolute atomic E-state index is 0. The van der Waals surface area contributed by atoms with Gasteiger partial charge in [0.15, 0.2) is 0 Å². The third kappa shape index (κ3) is 7.82. The number of hydrogen-bond acceptors (Lipinski definition) is 3. The molecule has 0 aliphatic carbocycles. The van der Waals surface area contributed by atoms with Crippen LogP contribution in [0.25, 0.3) is 16.1 Å². The quantitative estimate of drug-likeness (QED) is 0.201. The van der Waals surface area contributed by atoms with Gasteiger partial charge in [-0.1, -0.05) is 55.0 Å². The lowest BCUT2D eigenvalue weighted by molar-refractivity contribution is 0.652. The standard InChI is InChI=1S/C25H26N4OS.H2O/c1-26-29-23(20-21-15-18-27-19-16-21)12-6-3-9-17-28-31(30)25-14-8-7-13-24(25)22-10-4-2-5-11-22;/h2,4-5,7-8,10-11,13-16,18-19,28H,3,6,9,12,17,20H2;1H2/b29-23+;. The normalized spacial score (nSPS) is 11.9. The zero-order chi connectivity index (χ0) is 21.7. The summed E-state index contributed by atoms with van der Waals surface area (Å²) in [6.45, 7) is 7.71. The lowest BCUT2D eigenvalue weighted by atomic mass is 10.0. The van der Waals surface area contributed by atoms with Gasteiger partial charge in [0, 0.05) is 25.4 Å². The number of aromatic nitrogens is 1. The number of nitrogens with zero attached hydrogens (tertiary/aromatic N) is 3. The second-order valence-electron chi connectivity index (χ2n) is 7.13. The molecule has 32 heavy (non-hydrogen) atoms. The topological polar surface area (TPSA) is 90.2 Å². The molecule has 1 aromatic heterocycles. The molecule has 0 amide bonds. The lowest BCUT2D eigenvalue weighted by Crippen LogP contribution is -2.19. The molecule has 0 saturated heterocycles. The van der Waals surface area contributed by atoms with Crippen molar-refractivity contribution >= 4 is 16.7 Å². The van der Waals surface area contributed by atoms with Gasteiger partial charge < -0.3 is 5.48 Å². The number of benzene rings is 2. The molecule has 0 aliphatic heterocycles. The average Bonchev–Trinajstić information content (AvgIpc) is 2.82. The summed E-state index contributed by atoms with van der Waals surface area (Å²) in [5, 5.41) is 3.97. The Morgan fingerprint density at radius 1 is 0.969 bits per heavy atom. The molecular formula is C25H28N4O2S. The van der Waals surface area contributed by atoms with Crippen LogP contribution in [0.15, 0.2) is 89.1 Å². The van der Waals surface area contributed by atoms with E-state index in [0.29, 0.717) is 13.0 Å². The first-order valence-electron chi connectivity index (χ1n) is 10.4. The maximum absolute atomic E-state index is 12.8. The summed E-state index contributed by atoms with van der Waals surface area (Å²) in [6.07, 6.45) is 7.85. The molecule has 3 rings (SSSR count). The second-order valence-corrected chi connectivity index (χ2v) is 8.40. The highest BCUT2D eigenvalue weighted by Gasteiger charge is 2.10. The van der Waals surface area contributed by atoms with Crippen LogP contribution >= 0.6 is 0 Å². The van der Waals surface area contributed by atoms with Crippen molar-refractivity contribution in [1.29, 1.82) is 0 Å². The third-order valence-corrected chi connectivity index (χ3v) is 6.12. The van der Waals surface area contributed by atoms with Crippen LogP contribution in [0.3, 0.4) is 0 Å². The van der Waals surface area contributed by atoms with Crippen molar-refractivity contribution in [2.75, 3.05) is 6.54 Å². The fourth-order valence-electron chi connectivity index (χ4n) is 3.34. The van der Waals surface area contributed by atoms with E-state index >= 15 is 0 Å². The van der Waals surface area contributed by atoms with E-state index < -0.39 is 11.0 Å². The lowest BCUT2D eigenvalue weighted by Gasteiger charge is -2.10. The fourth-order valence-corrected chi connectivity index (χ4v) is 4.41. The Kier molecular flexibility index (Phi) is 11.0. The van der Waals surface area contributed by atoms with Crippen LogP contribution in [0.2, 0.25) is 0 Å². The van der Waals surface area contributed by atoms with Crippen molar-refractivity contribution in [2.45, 2.75) is 37.0 Å². The summed E-state index contributed by atoms with van der Waals surface area (Å²) in [6, 6.07) is 21.7. The summed E-state index contributed by atoms with van der Waals surface area (Å²) < 4.78 is 16.0. The van der Waals surface area contributed by atoms with Gasteiger partial charge in [0.25, 0.3) is 0 Å². The van der Waals surface area contributed by atoms with Crippen molar-refractivity contribution in [3.63, 3.8) is 0 Å². The molecular weight excluding hydrogens is 420 g/mol. The molecule has 2 aromatic carbocycles. The second kappa shape index (κ2) is 14.0. The first kappa shape index (κ1) is 25.1. The van der Waals surface area contributed by atoms with Gasteiger partial charge in [-0.3, -0.25) is 4.98 Å². The molecule has 1 heterocycles. The summed E-state index contributed by atoms with van der Waals surface area (Å²) in [4.78, 5) is 8.03. The van der Waals surface area contributed by atoms with E-state index in [1.165, 1.54) is 0 Å². The fraction of sp³-hybridized carbons (Fsp3) is 0.240. The van der Waals surface area contributed by atoms with Crippen LogP contribution in [-0.4, -0.2) is 26.9 Å². The number of nitrogens with one attached hydrogen (secondary N) is 1. The van der Waals surface area contributed by atoms with Gasteiger partial charge in [-0.15, -0.1) is 4.95 Å². The van der Waals surface area contributed by atoms with E-state index in [0.717, 1.165) is 53.0 Å². The van der Waals surface area contributed by atoms with E-state index in [1.54, 1.807) is 12.4 Å². The minimum Gasteiger partial charge on any atom is -0.412 e. The number of rotatable bonds is 11. The Balaban J connectivity index is 0.00000363. The minimum atomic E-state index is -1.26. The Labute approximate surface area is 192 Å². The third-order valence-electron chi connectivity index (χ3n) is 4.90. The molecule has 1 atom stereocenters. The monoisotopic (exact) mass is 448 g/mol. The molecule has 3 aromatic rings. The van der Waals surface area contributed by atoms with E-state index in [4.69, 9.17) is 6.57 Å². The molecule has 1 unspecified atom stereocenters. The number of unbranched alkanes of at least 4 members (excludes halogenated alkanes) is 2. The summed E-state index contributed by atoms with van der Waals surface area (Å²) in [5.74, 6) is 0. The molecule has 0 spiro atoms. The molecule has 3 N–H and O–H groups in total. The smallest absolute Gasteiger partial charge is 0.125 e. The van der Waals surface area contributed by atoms with Crippen molar-refractivity contribution in [1.82, 2.24) is 9.71 Å². The van der Waals surface area contributed by atoms with Crippen LogP contribution in [0, 0.1) is 6.57 Å². The van der Waals surface area contributed by atoms with Crippen LogP contribution < -0.4 is 4.72 Å². The highest BCUT2D eigenvalue weighted by Crippen LogP contribution is 2.25. The predicted molar refractivity (Wildman–Crippen MR) is 130 cm³/mol. The first-order valence-corrected chi connectivity index (χ1v) is 11.5. The highest BCUT2D eigenvalue weighted by molar-refractivity contribution is 7.83. The summed E-state index contributed by atoms with van der Waals surface area (Å²) in [5.41, 5.74) is 4.07. The Hall–Kier alpha value is -3.18. The molecule has 0 aliphatic rings. The molecule has 0 fully saturated rings. The highest BCUT2D eigenvalue weighted by atomic mass is 32.2. The van der Waals surface area contributed by atoms with Gasteiger partial charge in [0.1, 0.15) is 16.7 Å². The Bertz CT molecular complexity index is 1050. The predicted octanol–water partition coefficient (Wildman–Crippen LogP) is 4.61.